The predicted molar refractivity (Wildman–Crippen MR) is 118 cm³/mol. The molecule has 1 aromatic carbocycles. The summed E-state index contributed by atoms with van der Waals surface area (Å²) in [6.45, 7) is 4.92. The van der Waals surface area contributed by atoms with Crippen LogP contribution in [0.2, 0.25) is 0 Å². The summed E-state index contributed by atoms with van der Waals surface area (Å²) < 4.78 is 7.07. The Labute approximate surface area is 176 Å². The number of hydrogen-bond acceptors (Lipinski definition) is 3. The summed E-state index contributed by atoms with van der Waals surface area (Å²) in [5.74, 6) is 1.73. The predicted octanol–water partition coefficient (Wildman–Crippen LogP) is 4.99. The van der Waals surface area contributed by atoms with Gasteiger partial charge in [0, 0.05) is 30.1 Å². The molecule has 1 fully saturated rings. The van der Waals surface area contributed by atoms with E-state index in [1.165, 1.54) is 11.0 Å². The standard InChI is InChI=1S/C24H29N3O3/c1-16-8-6-12-22(17(16)2)27(14-18-9-7-13-30-18)24(29)25-21-15-26(3)23(28)20-11-5-4-10-19(20)21/h4-5,7,9-11,13,15-17,22H,6,8,12,14H2,1-3H3,(H,25,29). The van der Waals surface area contributed by atoms with E-state index >= 15 is 0 Å². The molecule has 0 radical (unpaired) electrons. The van der Waals surface area contributed by atoms with Crippen LogP contribution in [0.15, 0.2) is 58.1 Å². The lowest BCUT2D eigenvalue weighted by atomic mass is 9.77. The third-order valence-electron chi connectivity index (χ3n) is 6.56. The fourth-order valence-corrected chi connectivity index (χ4v) is 4.61. The molecule has 4 rings (SSSR count). The third kappa shape index (κ3) is 3.86. The third-order valence-corrected chi connectivity index (χ3v) is 6.56. The molecule has 30 heavy (non-hydrogen) atoms. The molecule has 0 aliphatic heterocycles. The number of furan rings is 1. The summed E-state index contributed by atoms with van der Waals surface area (Å²) >= 11 is 0. The number of rotatable bonds is 4. The maximum atomic E-state index is 13.5. The van der Waals surface area contributed by atoms with Crippen LogP contribution in [0, 0.1) is 11.8 Å². The van der Waals surface area contributed by atoms with Crippen LogP contribution >= 0.6 is 0 Å². The van der Waals surface area contributed by atoms with E-state index in [0.29, 0.717) is 29.5 Å². The van der Waals surface area contributed by atoms with E-state index in [1.807, 2.05) is 35.2 Å². The number of aromatic nitrogens is 1. The minimum absolute atomic E-state index is 0.0780. The Bertz CT molecular complexity index is 1090. The zero-order valence-corrected chi connectivity index (χ0v) is 17.8. The molecular formula is C24H29N3O3. The van der Waals surface area contributed by atoms with Crippen molar-refractivity contribution in [3.63, 3.8) is 0 Å². The van der Waals surface area contributed by atoms with Gasteiger partial charge < -0.3 is 19.2 Å². The SMILES string of the molecule is CC1CCCC(N(Cc2ccco2)C(=O)Nc2cn(C)c(=O)c3ccccc23)C1C. The molecule has 2 aromatic heterocycles. The summed E-state index contributed by atoms with van der Waals surface area (Å²) in [6, 6.07) is 11.1. The van der Waals surface area contributed by atoms with Gasteiger partial charge in [-0.2, -0.15) is 0 Å². The first-order valence-electron chi connectivity index (χ1n) is 10.6. The maximum absolute atomic E-state index is 13.5. The minimum Gasteiger partial charge on any atom is -0.467 e. The van der Waals surface area contributed by atoms with Gasteiger partial charge in [-0.25, -0.2) is 4.79 Å². The van der Waals surface area contributed by atoms with Gasteiger partial charge in [0.1, 0.15) is 5.76 Å². The normalized spacial score (nSPS) is 21.5. The second-order valence-corrected chi connectivity index (χ2v) is 8.48. The summed E-state index contributed by atoms with van der Waals surface area (Å²) in [5.41, 5.74) is 0.560. The average Bonchev–Trinajstić information content (AvgIpc) is 3.25. The van der Waals surface area contributed by atoms with Crippen molar-refractivity contribution < 1.29 is 9.21 Å². The monoisotopic (exact) mass is 407 g/mol. The van der Waals surface area contributed by atoms with Crippen LogP contribution in [0.1, 0.15) is 38.9 Å². The van der Waals surface area contributed by atoms with Gasteiger partial charge in [0.05, 0.1) is 18.5 Å². The molecule has 6 heteroatoms. The Morgan fingerprint density at radius 3 is 2.67 bits per heavy atom. The Morgan fingerprint density at radius 1 is 1.17 bits per heavy atom. The van der Waals surface area contributed by atoms with Gasteiger partial charge in [-0.05, 0) is 36.5 Å². The topological polar surface area (TPSA) is 67.5 Å². The van der Waals surface area contributed by atoms with E-state index in [-0.39, 0.29) is 17.6 Å². The first-order chi connectivity index (χ1) is 14.5. The van der Waals surface area contributed by atoms with E-state index < -0.39 is 0 Å². The summed E-state index contributed by atoms with van der Waals surface area (Å²) in [4.78, 5) is 27.9. The highest BCUT2D eigenvalue weighted by Gasteiger charge is 2.34. The van der Waals surface area contributed by atoms with Crippen molar-refractivity contribution in [2.24, 2.45) is 18.9 Å². The number of carbonyl (C=O) groups excluding carboxylic acids is 1. The molecule has 3 atom stereocenters. The number of anilines is 1. The number of nitrogens with zero attached hydrogens (tertiary/aromatic N) is 2. The van der Waals surface area contributed by atoms with E-state index in [0.717, 1.165) is 24.0 Å². The number of hydrogen-bond donors (Lipinski definition) is 1. The van der Waals surface area contributed by atoms with Crippen molar-refractivity contribution in [1.82, 2.24) is 9.47 Å². The second-order valence-electron chi connectivity index (χ2n) is 8.48. The lowest BCUT2D eigenvalue weighted by molar-refractivity contribution is 0.0974. The smallest absolute Gasteiger partial charge is 0.322 e. The number of pyridine rings is 1. The van der Waals surface area contributed by atoms with Crippen LogP contribution in [0.3, 0.4) is 0 Å². The van der Waals surface area contributed by atoms with Gasteiger partial charge in [-0.1, -0.05) is 44.9 Å². The Hall–Kier alpha value is -3.02. The van der Waals surface area contributed by atoms with E-state index in [1.54, 1.807) is 25.6 Å². The van der Waals surface area contributed by atoms with Gasteiger partial charge in [-0.15, -0.1) is 0 Å². The highest BCUT2D eigenvalue weighted by atomic mass is 16.3. The van der Waals surface area contributed by atoms with Gasteiger partial charge in [0.15, 0.2) is 0 Å². The fraction of sp³-hybridized carbons (Fsp3) is 0.417. The molecule has 1 aliphatic rings. The molecule has 3 unspecified atom stereocenters. The van der Waals surface area contributed by atoms with Crippen LogP contribution < -0.4 is 10.9 Å². The lowest BCUT2D eigenvalue weighted by Crippen LogP contribution is -2.48. The first kappa shape index (κ1) is 20.3. The molecule has 6 nitrogen and oxygen atoms in total. The van der Waals surface area contributed by atoms with Crippen molar-refractivity contribution in [2.75, 3.05) is 5.32 Å². The zero-order chi connectivity index (χ0) is 21.3. The van der Waals surface area contributed by atoms with Crippen LogP contribution in [0.5, 0.6) is 0 Å². The van der Waals surface area contributed by atoms with E-state index in [2.05, 4.69) is 19.2 Å². The average molecular weight is 408 g/mol. The molecule has 0 saturated heterocycles. The van der Waals surface area contributed by atoms with Crippen molar-refractivity contribution in [1.29, 1.82) is 0 Å². The number of carbonyl (C=O) groups is 1. The minimum atomic E-state index is -0.166. The number of aryl methyl sites for hydroxylation is 1. The number of nitrogens with one attached hydrogen (secondary N) is 1. The first-order valence-corrected chi connectivity index (χ1v) is 10.6. The number of benzene rings is 1. The molecule has 2 amide bonds. The molecular weight excluding hydrogens is 378 g/mol. The second kappa shape index (κ2) is 8.38. The highest BCUT2D eigenvalue weighted by molar-refractivity contribution is 6.01. The molecule has 0 bridgehead atoms. The molecule has 1 N–H and O–H groups in total. The van der Waals surface area contributed by atoms with Crippen LogP contribution in [-0.2, 0) is 13.6 Å². The molecule has 3 aromatic rings. The van der Waals surface area contributed by atoms with Crippen LogP contribution in [0.25, 0.3) is 10.8 Å². The molecule has 1 saturated carbocycles. The summed E-state index contributed by atoms with van der Waals surface area (Å²) in [7, 11) is 1.70. The zero-order valence-electron chi connectivity index (χ0n) is 17.8. The van der Waals surface area contributed by atoms with Gasteiger partial charge >= 0.3 is 6.03 Å². The Morgan fingerprint density at radius 2 is 1.93 bits per heavy atom. The van der Waals surface area contributed by atoms with Crippen molar-refractivity contribution in [3.05, 3.63) is 65.0 Å². The molecule has 0 spiro atoms. The summed E-state index contributed by atoms with van der Waals surface area (Å²) in [6.07, 6.45) is 6.62. The number of amides is 2. The molecule has 158 valence electrons. The fourth-order valence-electron chi connectivity index (χ4n) is 4.61. The van der Waals surface area contributed by atoms with Crippen molar-refractivity contribution >= 4 is 22.5 Å². The summed E-state index contributed by atoms with van der Waals surface area (Å²) in [5, 5.41) is 4.42. The highest BCUT2D eigenvalue weighted by Crippen LogP contribution is 2.34. The van der Waals surface area contributed by atoms with Crippen molar-refractivity contribution in [2.45, 2.75) is 45.7 Å². The largest absolute Gasteiger partial charge is 0.467 e. The van der Waals surface area contributed by atoms with Crippen molar-refractivity contribution in [3.8, 4) is 0 Å². The van der Waals surface area contributed by atoms with Crippen LogP contribution in [-0.4, -0.2) is 21.5 Å². The van der Waals surface area contributed by atoms with Gasteiger partial charge in [0.2, 0.25) is 0 Å². The Balaban J connectivity index is 1.68. The number of urea groups is 1. The van der Waals surface area contributed by atoms with Gasteiger partial charge in [-0.3, -0.25) is 4.79 Å². The maximum Gasteiger partial charge on any atom is 0.322 e. The van der Waals surface area contributed by atoms with E-state index in [9.17, 15) is 9.59 Å². The molecule has 1 aliphatic carbocycles. The van der Waals surface area contributed by atoms with Crippen LogP contribution in [0.4, 0.5) is 10.5 Å². The number of fused-ring (bicyclic) bond motifs is 1. The lowest BCUT2D eigenvalue weighted by Gasteiger charge is -2.41. The molecule has 2 heterocycles. The Kier molecular flexibility index (Phi) is 5.66. The van der Waals surface area contributed by atoms with E-state index in [4.69, 9.17) is 4.42 Å². The quantitative estimate of drug-likeness (QED) is 0.662. The van der Waals surface area contributed by atoms with Gasteiger partial charge in [0.25, 0.3) is 5.56 Å².